The van der Waals surface area contributed by atoms with Crippen molar-refractivity contribution in [3.63, 3.8) is 0 Å². The zero-order valence-electron chi connectivity index (χ0n) is 16.5. The predicted molar refractivity (Wildman–Crippen MR) is 116 cm³/mol. The van der Waals surface area contributed by atoms with E-state index in [-0.39, 0.29) is 10.8 Å². The van der Waals surface area contributed by atoms with Crippen molar-refractivity contribution in [3.8, 4) is 0 Å². The van der Waals surface area contributed by atoms with Gasteiger partial charge in [-0.1, -0.05) is 36.4 Å². The molecule has 0 radical (unpaired) electrons. The van der Waals surface area contributed by atoms with Crippen molar-refractivity contribution in [1.82, 2.24) is 22.6 Å². The lowest BCUT2D eigenvalue weighted by Gasteiger charge is -2.18. The van der Waals surface area contributed by atoms with E-state index in [1.165, 1.54) is 5.56 Å². The Morgan fingerprint density at radius 1 is 1.10 bits per heavy atom. The molecule has 0 aliphatic carbocycles. The fraction of sp³-hybridized carbons (Fsp3) is 0.286. The molecule has 1 aliphatic heterocycles. The lowest BCUT2D eigenvalue weighted by Crippen LogP contribution is -2.29. The van der Waals surface area contributed by atoms with Gasteiger partial charge >= 0.3 is 0 Å². The highest BCUT2D eigenvalue weighted by atomic mass is 32.2. The summed E-state index contributed by atoms with van der Waals surface area (Å²) < 4.78 is 38.8. The third-order valence-corrected chi connectivity index (χ3v) is 8.09. The van der Waals surface area contributed by atoms with Gasteiger partial charge in [0, 0.05) is 37.4 Å². The van der Waals surface area contributed by atoms with Gasteiger partial charge in [0.25, 0.3) is 0 Å². The van der Waals surface area contributed by atoms with Crippen molar-refractivity contribution in [2.45, 2.75) is 30.7 Å². The van der Waals surface area contributed by atoms with E-state index in [4.69, 9.17) is 0 Å². The average Bonchev–Trinajstić information content (AvgIpc) is 3.49. The summed E-state index contributed by atoms with van der Waals surface area (Å²) in [5.41, 5.74) is 3.34. The lowest BCUT2D eigenvalue weighted by molar-refractivity contribution is 0.469. The smallest absolute Gasteiger partial charge is 0.245 e. The summed E-state index contributed by atoms with van der Waals surface area (Å²) in [5.74, 6) is 1.01. The monoisotopic (exact) mass is 439 g/mol. The van der Waals surface area contributed by atoms with Crippen LogP contribution in [0.15, 0.2) is 59.6 Å². The van der Waals surface area contributed by atoms with E-state index in [1.54, 1.807) is 22.5 Å². The number of aryl methyl sites for hydroxylation is 1. The third-order valence-electron chi connectivity index (χ3n) is 5.65. The van der Waals surface area contributed by atoms with E-state index >= 15 is 0 Å². The number of nitrogens with zero attached hydrogens (tertiary/aromatic N) is 5. The van der Waals surface area contributed by atoms with E-state index in [0.29, 0.717) is 24.1 Å². The highest BCUT2D eigenvalue weighted by Gasteiger charge is 2.36. The molecule has 2 aromatic carbocycles. The molecular weight excluding hydrogens is 418 g/mol. The summed E-state index contributed by atoms with van der Waals surface area (Å²) in [6.45, 7) is 3.66. The van der Waals surface area contributed by atoms with Crippen LogP contribution in [-0.2, 0) is 16.6 Å². The number of sulfonamides is 1. The zero-order valence-corrected chi connectivity index (χ0v) is 18.1. The SMILES string of the molecule is Cc1cnc(C2CCN(S(=O)(=O)c3cccc4nsnc34)C2)n1Cc1ccccc1. The Hall–Kier alpha value is -2.62. The van der Waals surface area contributed by atoms with Gasteiger partial charge in [-0.05, 0) is 31.0 Å². The molecule has 1 unspecified atom stereocenters. The number of rotatable bonds is 5. The van der Waals surface area contributed by atoms with Crippen molar-refractivity contribution >= 4 is 32.8 Å². The molecule has 1 atom stereocenters. The van der Waals surface area contributed by atoms with Gasteiger partial charge in [0.2, 0.25) is 10.0 Å². The van der Waals surface area contributed by atoms with E-state index in [0.717, 1.165) is 36.2 Å². The van der Waals surface area contributed by atoms with E-state index in [1.807, 2.05) is 31.3 Å². The molecule has 1 fully saturated rings. The predicted octanol–water partition coefficient (Wildman–Crippen LogP) is 3.42. The van der Waals surface area contributed by atoms with Gasteiger partial charge in [-0.3, -0.25) is 0 Å². The maximum atomic E-state index is 13.3. The summed E-state index contributed by atoms with van der Waals surface area (Å²) in [6.07, 6.45) is 2.62. The van der Waals surface area contributed by atoms with Gasteiger partial charge in [0.1, 0.15) is 21.8 Å². The molecule has 3 heterocycles. The van der Waals surface area contributed by atoms with Crippen LogP contribution in [0.5, 0.6) is 0 Å². The standard InChI is InChI=1S/C21H21N5O2S2/c1-15-12-22-21(26(15)13-16-6-3-2-4-7-16)17-10-11-25(14-17)30(27,28)19-9-5-8-18-20(19)24-29-23-18/h2-9,12,17H,10-11,13-14H2,1H3. The summed E-state index contributed by atoms with van der Waals surface area (Å²) in [5, 5.41) is 0. The Morgan fingerprint density at radius 3 is 2.77 bits per heavy atom. The molecule has 4 aromatic rings. The fourth-order valence-electron chi connectivity index (χ4n) is 4.06. The number of hydrogen-bond donors (Lipinski definition) is 0. The van der Waals surface area contributed by atoms with Crippen LogP contribution in [0.3, 0.4) is 0 Å². The molecule has 30 heavy (non-hydrogen) atoms. The Bertz CT molecular complexity index is 1300. The molecule has 0 amide bonds. The number of aromatic nitrogens is 4. The first kappa shape index (κ1) is 19.3. The molecule has 2 aromatic heterocycles. The van der Waals surface area contributed by atoms with Gasteiger partial charge in [0.15, 0.2) is 0 Å². The van der Waals surface area contributed by atoms with Gasteiger partial charge in [-0.15, -0.1) is 0 Å². The minimum Gasteiger partial charge on any atom is -0.328 e. The molecule has 1 saturated heterocycles. The van der Waals surface area contributed by atoms with Crippen LogP contribution in [-0.4, -0.2) is 44.1 Å². The molecule has 5 rings (SSSR count). The molecule has 0 N–H and O–H groups in total. The lowest BCUT2D eigenvalue weighted by atomic mass is 10.1. The molecule has 7 nitrogen and oxygen atoms in total. The summed E-state index contributed by atoms with van der Waals surface area (Å²) in [4.78, 5) is 4.88. The number of fused-ring (bicyclic) bond motifs is 1. The van der Waals surface area contributed by atoms with Crippen molar-refractivity contribution in [1.29, 1.82) is 0 Å². The minimum atomic E-state index is -3.64. The number of benzene rings is 2. The fourth-order valence-corrected chi connectivity index (χ4v) is 6.32. The van der Waals surface area contributed by atoms with Crippen molar-refractivity contribution in [2.24, 2.45) is 0 Å². The van der Waals surface area contributed by atoms with Crippen molar-refractivity contribution in [3.05, 3.63) is 71.8 Å². The van der Waals surface area contributed by atoms with Crippen LogP contribution >= 0.6 is 11.7 Å². The third kappa shape index (κ3) is 3.32. The highest BCUT2D eigenvalue weighted by Crippen LogP contribution is 2.33. The Morgan fingerprint density at radius 2 is 1.93 bits per heavy atom. The Labute approximate surface area is 179 Å². The molecular formula is C21H21N5O2S2. The second-order valence-electron chi connectivity index (χ2n) is 7.57. The molecule has 9 heteroatoms. The van der Waals surface area contributed by atoms with Crippen molar-refractivity contribution < 1.29 is 8.42 Å². The van der Waals surface area contributed by atoms with E-state index in [2.05, 4.69) is 30.4 Å². The largest absolute Gasteiger partial charge is 0.328 e. The summed E-state index contributed by atoms with van der Waals surface area (Å²) >= 11 is 1.03. The van der Waals surface area contributed by atoms with E-state index in [9.17, 15) is 8.42 Å². The quantitative estimate of drug-likeness (QED) is 0.476. The maximum absolute atomic E-state index is 13.3. The summed E-state index contributed by atoms with van der Waals surface area (Å²) in [7, 11) is -3.64. The van der Waals surface area contributed by atoms with Crippen LogP contribution in [0.1, 0.15) is 29.4 Å². The zero-order chi connectivity index (χ0) is 20.7. The maximum Gasteiger partial charge on any atom is 0.245 e. The van der Waals surface area contributed by atoms with Crippen LogP contribution in [0.4, 0.5) is 0 Å². The minimum absolute atomic E-state index is 0.0601. The highest BCUT2D eigenvalue weighted by molar-refractivity contribution is 7.89. The first-order valence-electron chi connectivity index (χ1n) is 9.81. The normalized spacial score (nSPS) is 17.7. The second-order valence-corrected chi connectivity index (χ2v) is 10.0. The van der Waals surface area contributed by atoms with Crippen molar-refractivity contribution in [2.75, 3.05) is 13.1 Å². The Balaban J connectivity index is 1.42. The number of imidazole rings is 1. The first-order valence-corrected chi connectivity index (χ1v) is 12.0. The van der Waals surface area contributed by atoms with E-state index < -0.39 is 10.0 Å². The molecule has 0 bridgehead atoms. The van der Waals surface area contributed by atoms with Gasteiger partial charge in [0.05, 0.1) is 11.7 Å². The van der Waals surface area contributed by atoms with Crippen LogP contribution in [0, 0.1) is 6.92 Å². The molecule has 1 aliphatic rings. The summed E-state index contributed by atoms with van der Waals surface area (Å²) in [6, 6.07) is 15.4. The van der Waals surface area contributed by atoms with Crippen LogP contribution in [0.25, 0.3) is 11.0 Å². The molecule has 0 saturated carbocycles. The molecule has 154 valence electrons. The number of hydrogen-bond acceptors (Lipinski definition) is 6. The first-order chi connectivity index (χ1) is 14.5. The van der Waals surface area contributed by atoms with Gasteiger partial charge in [-0.2, -0.15) is 13.1 Å². The topological polar surface area (TPSA) is 81.0 Å². The van der Waals surface area contributed by atoms with Crippen LogP contribution in [0.2, 0.25) is 0 Å². The molecule has 0 spiro atoms. The van der Waals surface area contributed by atoms with Gasteiger partial charge in [-0.25, -0.2) is 13.4 Å². The van der Waals surface area contributed by atoms with Gasteiger partial charge < -0.3 is 4.57 Å². The van der Waals surface area contributed by atoms with Crippen LogP contribution < -0.4 is 0 Å². The Kier molecular flexibility index (Phi) is 4.88. The average molecular weight is 440 g/mol. The second kappa shape index (κ2) is 7.57.